The van der Waals surface area contributed by atoms with Crippen molar-refractivity contribution in [2.75, 3.05) is 18.4 Å². The fraction of sp³-hybridized carbons (Fsp3) is 0.310. The van der Waals surface area contributed by atoms with Gasteiger partial charge in [0.05, 0.1) is 21.7 Å². The number of carbonyl (C=O) groups is 2. The highest BCUT2D eigenvalue weighted by Gasteiger charge is 2.29. The molecule has 2 aromatic heterocycles. The molecule has 0 spiro atoms. The van der Waals surface area contributed by atoms with Crippen LogP contribution in [0.25, 0.3) is 10.9 Å². The Kier molecular flexibility index (Phi) is 9.04. The van der Waals surface area contributed by atoms with E-state index in [1.807, 2.05) is 31.2 Å². The quantitative estimate of drug-likeness (QED) is 0.187. The standard InChI is InChI=1S/C29H34N6O5S/c1-18-15-19(2)27(20(3)16-18)41(39,40)34-24(29(37)38)17-32-28(36)22-10-7-9-21-23(33-35(4)26(21)22)11-8-14-31-25-12-5-6-13-30-25/h5-7,9-10,12-13,15-16,24,34H,8,11,14,17H2,1-4H3,(H,30,31)(H,32,36)(H,37,38). The van der Waals surface area contributed by atoms with E-state index in [0.29, 0.717) is 35.2 Å². The Morgan fingerprint density at radius 3 is 2.44 bits per heavy atom. The third kappa shape index (κ3) is 6.90. The fourth-order valence-electron chi connectivity index (χ4n) is 5.02. The predicted octanol–water partition coefficient (Wildman–Crippen LogP) is 3.10. The van der Waals surface area contributed by atoms with E-state index in [4.69, 9.17) is 0 Å². The van der Waals surface area contributed by atoms with Gasteiger partial charge in [0.25, 0.3) is 5.91 Å². The molecule has 0 saturated carbocycles. The molecule has 1 atom stereocenters. The maximum Gasteiger partial charge on any atom is 0.323 e. The number of carboxylic acids is 1. The zero-order valence-electron chi connectivity index (χ0n) is 23.4. The second-order valence-electron chi connectivity index (χ2n) is 9.97. The van der Waals surface area contributed by atoms with Crippen molar-refractivity contribution < 1.29 is 23.1 Å². The van der Waals surface area contributed by atoms with Gasteiger partial charge < -0.3 is 15.7 Å². The lowest BCUT2D eigenvalue weighted by Gasteiger charge is -2.18. The van der Waals surface area contributed by atoms with E-state index in [1.165, 1.54) is 0 Å². The number of carbonyl (C=O) groups excluding carboxylic acids is 1. The van der Waals surface area contributed by atoms with E-state index >= 15 is 0 Å². The van der Waals surface area contributed by atoms with Crippen LogP contribution in [0, 0.1) is 20.8 Å². The normalized spacial score (nSPS) is 12.3. The first-order valence-corrected chi connectivity index (χ1v) is 14.7. The number of hydrogen-bond donors (Lipinski definition) is 4. The summed E-state index contributed by atoms with van der Waals surface area (Å²) in [6.07, 6.45) is 3.18. The number of rotatable bonds is 12. The first-order valence-electron chi connectivity index (χ1n) is 13.2. The van der Waals surface area contributed by atoms with Gasteiger partial charge in [-0.25, -0.2) is 13.4 Å². The number of aryl methyl sites for hydroxylation is 5. The van der Waals surface area contributed by atoms with Crippen molar-refractivity contribution in [1.82, 2.24) is 24.8 Å². The number of aromatic nitrogens is 3. The highest BCUT2D eigenvalue weighted by molar-refractivity contribution is 7.89. The molecule has 0 aliphatic heterocycles. The molecule has 0 radical (unpaired) electrons. The molecule has 0 saturated heterocycles. The summed E-state index contributed by atoms with van der Waals surface area (Å²) in [5, 5.41) is 21.0. The van der Waals surface area contributed by atoms with Gasteiger partial charge in [0, 0.05) is 31.7 Å². The summed E-state index contributed by atoms with van der Waals surface area (Å²) in [6, 6.07) is 12.8. The molecule has 0 bridgehead atoms. The van der Waals surface area contributed by atoms with Crippen molar-refractivity contribution >= 4 is 38.6 Å². The van der Waals surface area contributed by atoms with Gasteiger partial charge in [-0.05, 0) is 62.9 Å². The number of amides is 1. The monoisotopic (exact) mass is 578 g/mol. The largest absolute Gasteiger partial charge is 0.480 e. The first kappa shape index (κ1) is 29.7. The molecule has 12 heteroatoms. The predicted molar refractivity (Wildman–Crippen MR) is 156 cm³/mol. The molecule has 41 heavy (non-hydrogen) atoms. The van der Waals surface area contributed by atoms with Crippen molar-refractivity contribution in [2.45, 2.75) is 44.6 Å². The van der Waals surface area contributed by atoms with E-state index in [1.54, 1.807) is 56.0 Å². The zero-order valence-corrected chi connectivity index (χ0v) is 24.2. The van der Waals surface area contributed by atoms with Gasteiger partial charge in [-0.15, -0.1) is 0 Å². The Morgan fingerprint density at radius 2 is 1.78 bits per heavy atom. The van der Waals surface area contributed by atoms with Gasteiger partial charge >= 0.3 is 5.97 Å². The summed E-state index contributed by atoms with van der Waals surface area (Å²) in [4.78, 5) is 29.4. The summed E-state index contributed by atoms with van der Waals surface area (Å²) in [6.45, 7) is 5.42. The lowest BCUT2D eigenvalue weighted by molar-refractivity contribution is -0.138. The van der Waals surface area contributed by atoms with Crippen LogP contribution in [0.1, 0.15) is 39.2 Å². The summed E-state index contributed by atoms with van der Waals surface area (Å²) >= 11 is 0. The number of nitrogens with one attached hydrogen (secondary N) is 3. The molecule has 1 unspecified atom stereocenters. The molecule has 4 rings (SSSR count). The third-order valence-corrected chi connectivity index (χ3v) is 8.46. The Balaban J connectivity index is 1.45. The van der Waals surface area contributed by atoms with E-state index in [2.05, 4.69) is 25.4 Å². The number of carboxylic acid groups (broad SMARTS) is 1. The van der Waals surface area contributed by atoms with Crippen molar-refractivity contribution in [3.05, 3.63) is 82.7 Å². The first-order chi connectivity index (χ1) is 19.5. The molecule has 0 fully saturated rings. The molecule has 0 aliphatic rings. The van der Waals surface area contributed by atoms with E-state index in [0.717, 1.165) is 28.9 Å². The minimum absolute atomic E-state index is 0.0306. The topological polar surface area (TPSA) is 155 Å². The summed E-state index contributed by atoms with van der Waals surface area (Å²) in [5.74, 6) is -1.14. The second kappa shape index (κ2) is 12.5. The molecule has 2 heterocycles. The van der Waals surface area contributed by atoms with Crippen LogP contribution in [0.3, 0.4) is 0 Å². The van der Waals surface area contributed by atoms with Gasteiger partial charge in [0.2, 0.25) is 10.0 Å². The Morgan fingerprint density at radius 1 is 1.05 bits per heavy atom. The molecule has 0 aliphatic carbocycles. The average molecular weight is 579 g/mol. The third-order valence-electron chi connectivity index (χ3n) is 6.68. The molecular weight excluding hydrogens is 544 g/mol. The SMILES string of the molecule is Cc1cc(C)c(S(=O)(=O)NC(CNC(=O)c2cccc3c(CCCNc4ccccn4)nn(C)c23)C(=O)O)c(C)c1. The summed E-state index contributed by atoms with van der Waals surface area (Å²) in [7, 11) is -2.42. The Labute approximate surface area is 239 Å². The van der Waals surface area contributed by atoms with Gasteiger partial charge in [-0.1, -0.05) is 35.9 Å². The van der Waals surface area contributed by atoms with Crippen molar-refractivity contribution in [3.8, 4) is 0 Å². The summed E-state index contributed by atoms with van der Waals surface area (Å²) in [5.41, 5.74) is 3.67. The number of benzene rings is 2. The number of nitrogens with zero attached hydrogens (tertiary/aromatic N) is 3. The molecular formula is C29H34N6O5S. The van der Waals surface area contributed by atoms with Crippen molar-refractivity contribution in [3.63, 3.8) is 0 Å². The maximum atomic E-state index is 13.2. The highest BCUT2D eigenvalue weighted by Crippen LogP contribution is 2.24. The number of sulfonamides is 1. The van der Waals surface area contributed by atoms with Crippen LogP contribution in [0.15, 0.2) is 59.6 Å². The average Bonchev–Trinajstić information content (AvgIpc) is 3.24. The summed E-state index contributed by atoms with van der Waals surface area (Å²) < 4.78 is 30.1. The van der Waals surface area contributed by atoms with Crippen LogP contribution in [0.5, 0.6) is 0 Å². The zero-order chi connectivity index (χ0) is 29.7. The lowest BCUT2D eigenvalue weighted by Crippen LogP contribution is -2.48. The van der Waals surface area contributed by atoms with Gasteiger partial charge in [-0.2, -0.15) is 9.82 Å². The van der Waals surface area contributed by atoms with E-state index < -0.39 is 34.5 Å². The lowest BCUT2D eigenvalue weighted by atomic mass is 10.1. The molecule has 2 aromatic carbocycles. The van der Waals surface area contributed by atoms with Crippen LogP contribution in [0.4, 0.5) is 5.82 Å². The molecule has 4 aromatic rings. The van der Waals surface area contributed by atoms with Gasteiger partial charge in [-0.3, -0.25) is 14.3 Å². The smallest absolute Gasteiger partial charge is 0.323 e. The second-order valence-corrected chi connectivity index (χ2v) is 11.6. The number of anilines is 1. The Hall–Kier alpha value is -4.29. The van der Waals surface area contributed by atoms with Crippen LogP contribution >= 0.6 is 0 Å². The van der Waals surface area contributed by atoms with Crippen LogP contribution in [0.2, 0.25) is 0 Å². The molecule has 11 nitrogen and oxygen atoms in total. The molecule has 216 valence electrons. The number of aliphatic carboxylic acids is 1. The fourth-order valence-corrected chi connectivity index (χ4v) is 6.67. The van der Waals surface area contributed by atoms with Crippen LogP contribution in [-0.4, -0.2) is 59.3 Å². The van der Waals surface area contributed by atoms with E-state index in [9.17, 15) is 23.1 Å². The van der Waals surface area contributed by atoms with Crippen molar-refractivity contribution in [1.29, 1.82) is 0 Å². The minimum Gasteiger partial charge on any atom is -0.480 e. The van der Waals surface area contributed by atoms with Crippen molar-refractivity contribution in [2.24, 2.45) is 7.05 Å². The number of pyridine rings is 1. The highest BCUT2D eigenvalue weighted by atomic mass is 32.2. The van der Waals surface area contributed by atoms with E-state index in [-0.39, 0.29) is 4.90 Å². The van der Waals surface area contributed by atoms with Gasteiger partial charge in [0.1, 0.15) is 11.9 Å². The van der Waals surface area contributed by atoms with Gasteiger partial charge in [0.15, 0.2) is 0 Å². The van der Waals surface area contributed by atoms with Crippen LogP contribution < -0.4 is 15.4 Å². The Bertz CT molecular complexity index is 1660. The molecule has 4 N–H and O–H groups in total. The molecule has 1 amide bonds. The maximum absolute atomic E-state index is 13.2. The number of para-hydroxylation sites is 1. The number of fused-ring (bicyclic) bond motifs is 1. The minimum atomic E-state index is -4.17. The van der Waals surface area contributed by atoms with Crippen LogP contribution in [-0.2, 0) is 28.3 Å². The number of hydrogen-bond acceptors (Lipinski definition) is 7.